The molecule has 1 radical (unpaired) electrons. The zero-order chi connectivity index (χ0) is 9.56. The first kappa shape index (κ1) is 11.7. The first-order valence-corrected chi connectivity index (χ1v) is 6.93. The molecule has 0 heterocycles. The SMILES string of the molecule is CCCCC[Si](C)C(C)C(=O)O. The lowest BCUT2D eigenvalue weighted by Gasteiger charge is -2.13. The van der Waals surface area contributed by atoms with Gasteiger partial charge in [0.1, 0.15) is 0 Å². The van der Waals surface area contributed by atoms with Gasteiger partial charge >= 0.3 is 5.97 Å². The van der Waals surface area contributed by atoms with Crippen molar-refractivity contribution in [1.29, 1.82) is 0 Å². The van der Waals surface area contributed by atoms with Gasteiger partial charge in [0.05, 0.1) is 8.80 Å². The van der Waals surface area contributed by atoms with Gasteiger partial charge in [0.2, 0.25) is 0 Å². The predicted molar refractivity (Wildman–Crippen MR) is 53.0 cm³/mol. The van der Waals surface area contributed by atoms with Crippen LogP contribution in [0.15, 0.2) is 0 Å². The van der Waals surface area contributed by atoms with E-state index in [2.05, 4.69) is 13.5 Å². The fraction of sp³-hybridized carbons (Fsp3) is 0.889. The van der Waals surface area contributed by atoms with Crippen molar-refractivity contribution in [3.05, 3.63) is 0 Å². The standard InChI is InChI=1S/C9H19O2Si/c1-4-5-6-7-12(3)8(2)9(10)11/h8H,4-7H2,1-3H3,(H,10,11). The molecule has 0 amide bonds. The Kier molecular flexibility index (Phi) is 6.07. The summed E-state index contributed by atoms with van der Waals surface area (Å²) in [6.07, 6.45) is 3.67. The summed E-state index contributed by atoms with van der Waals surface area (Å²) in [5, 5.41) is 8.73. The second kappa shape index (κ2) is 6.23. The first-order valence-electron chi connectivity index (χ1n) is 4.64. The molecule has 0 aromatic rings. The molecule has 0 aliphatic rings. The summed E-state index contributed by atoms with van der Waals surface area (Å²) >= 11 is 0. The summed E-state index contributed by atoms with van der Waals surface area (Å²) in [6.45, 7) is 6.13. The van der Waals surface area contributed by atoms with Crippen molar-refractivity contribution in [2.45, 2.75) is 51.2 Å². The molecule has 0 aliphatic heterocycles. The van der Waals surface area contributed by atoms with Gasteiger partial charge in [-0.05, 0) is 0 Å². The molecule has 0 bridgehead atoms. The van der Waals surface area contributed by atoms with Gasteiger partial charge in [0, 0.05) is 5.54 Å². The highest BCUT2D eigenvalue weighted by Crippen LogP contribution is 2.16. The van der Waals surface area contributed by atoms with E-state index < -0.39 is 14.8 Å². The van der Waals surface area contributed by atoms with Gasteiger partial charge in [-0.1, -0.05) is 45.7 Å². The number of hydrogen-bond donors (Lipinski definition) is 1. The van der Waals surface area contributed by atoms with E-state index in [1.807, 2.05) is 6.92 Å². The Morgan fingerprint density at radius 1 is 1.50 bits per heavy atom. The summed E-state index contributed by atoms with van der Waals surface area (Å²) in [6, 6.07) is 1.14. The molecule has 1 atom stereocenters. The van der Waals surface area contributed by atoms with E-state index in [4.69, 9.17) is 5.11 Å². The average molecular weight is 187 g/mol. The number of carboxylic acids is 1. The molecule has 0 saturated heterocycles. The van der Waals surface area contributed by atoms with Gasteiger partial charge in [-0.2, -0.15) is 0 Å². The molecule has 2 nitrogen and oxygen atoms in total. The first-order chi connectivity index (χ1) is 5.59. The molecule has 0 fully saturated rings. The van der Waals surface area contributed by atoms with E-state index >= 15 is 0 Å². The maximum atomic E-state index is 10.6. The molecule has 0 aliphatic carbocycles. The quantitative estimate of drug-likeness (QED) is 0.513. The number of hydrogen-bond acceptors (Lipinski definition) is 1. The monoisotopic (exact) mass is 187 g/mol. The van der Waals surface area contributed by atoms with Crippen LogP contribution in [0, 0.1) is 0 Å². The molecular weight excluding hydrogens is 168 g/mol. The highest BCUT2D eigenvalue weighted by atomic mass is 28.3. The molecule has 12 heavy (non-hydrogen) atoms. The van der Waals surface area contributed by atoms with Gasteiger partial charge in [0.15, 0.2) is 0 Å². The predicted octanol–water partition coefficient (Wildman–Crippen LogP) is 2.78. The summed E-state index contributed by atoms with van der Waals surface area (Å²) < 4.78 is 0. The second-order valence-electron chi connectivity index (χ2n) is 3.36. The minimum Gasteiger partial charge on any atom is -0.481 e. The highest BCUT2D eigenvalue weighted by Gasteiger charge is 2.19. The average Bonchev–Trinajstić information content (AvgIpc) is 2.03. The van der Waals surface area contributed by atoms with Crippen LogP contribution in [0.25, 0.3) is 0 Å². The van der Waals surface area contributed by atoms with Crippen molar-refractivity contribution < 1.29 is 9.90 Å². The lowest BCUT2D eigenvalue weighted by molar-refractivity contribution is -0.136. The fourth-order valence-corrected chi connectivity index (χ4v) is 2.74. The van der Waals surface area contributed by atoms with Crippen LogP contribution >= 0.6 is 0 Å². The molecular formula is C9H19O2Si. The smallest absolute Gasteiger partial charge is 0.303 e. The van der Waals surface area contributed by atoms with Gasteiger partial charge < -0.3 is 5.11 Å². The molecule has 0 aromatic heterocycles. The fourth-order valence-electron chi connectivity index (χ4n) is 1.08. The molecule has 1 N–H and O–H groups in total. The van der Waals surface area contributed by atoms with Crippen molar-refractivity contribution in [1.82, 2.24) is 0 Å². The van der Waals surface area contributed by atoms with Crippen LogP contribution in [0.4, 0.5) is 0 Å². The maximum Gasteiger partial charge on any atom is 0.303 e. The summed E-state index contributed by atoms with van der Waals surface area (Å²) in [4.78, 5) is 10.6. The number of aliphatic carboxylic acids is 1. The van der Waals surface area contributed by atoms with Gasteiger partial charge in [-0.3, -0.25) is 4.79 Å². The highest BCUT2D eigenvalue weighted by molar-refractivity contribution is 6.62. The van der Waals surface area contributed by atoms with Crippen LogP contribution in [-0.4, -0.2) is 19.9 Å². The normalized spacial score (nSPS) is 13.3. The van der Waals surface area contributed by atoms with Crippen molar-refractivity contribution >= 4 is 14.8 Å². The van der Waals surface area contributed by atoms with Crippen molar-refractivity contribution in [2.24, 2.45) is 0 Å². The minimum absolute atomic E-state index is 0.0909. The van der Waals surface area contributed by atoms with Crippen molar-refractivity contribution in [2.75, 3.05) is 0 Å². The Balaban J connectivity index is 3.56. The van der Waals surface area contributed by atoms with Crippen LogP contribution in [0.3, 0.4) is 0 Å². The lowest BCUT2D eigenvalue weighted by atomic mass is 10.3. The Bertz CT molecular complexity index is 136. The van der Waals surface area contributed by atoms with E-state index in [9.17, 15) is 4.79 Å². The molecule has 3 heteroatoms. The lowest BCUT2D eigenvalue weighted by Crippen LogP contribution is -2.21. The summed E-state index contributed by atoms with van der Waals surface area (Å²) in [5.74, 6) is -0.622. The Morgan fingerprint density at radius 3 is 2.50 bits per heavy atom. The molecule has 0 spiro atoms. The number of carbonyl (C=O) groups is 1. The number of unbranched alkanes of at least 4 members (excludes halogenated alkanes) is 2. The van der Waals surface area contributed by atoms with Gasteiger partial charge in [-0.15, -0.1) is 0 Å². The van der Waals surface area contributed by atoms with Crippen LogP contribution in [-0.2, 0) is 4.79 Å². The zero-order valence-electron chi connectivity index (χ0n) is 8.26. The van der Waals surface area contributed by atoms with E-state index in [0.29, 0.717) is 0 Å². The topological polar surface area (TPSA) is 37.3 Å². The van der Waals surface area contributed by atoms with E-state index in [1.165, 1.54) is 19.3 Å². The Hall–Kier alpha value is -0.313. The molecule has 0 rings (SSSR count). The largest absolute Gasteiger partial charge is 0.481 e. The molecule has 1 unspecified atom stereocenters. The third kappa shape index (κ3) is 4.54. The summed E-state index contributed by atoms with van der Waals surface area (Å²) in [5.41, 5.74) is -0.0909. The van der Waals surface area contributed by atoms with Crippen LogP contribution in [0.2, 0.25) is 18.1 Å². The zero-order valence-corrected chi connectivity index (χ0v) is 9.26. The van der Waals surface area contributed by atoms with Gasteiger partial charge in [-0.25, -0.2) is 0 Å². The molecule has 0 saturated carbocycles. The molecule has 71 valence electrons. The number of carboxylic acid groups (broad SMARTS) is 1. The van der Waals surface area contributed by atoms with Crippen LogP contribution < -0.4 is 0 Å². The van der Waals surface area contributed by atoms with Gasteiger partial charge in [0.25, 0.3) is 0 Å². The third-order valence-electron chi connectivity index (χ3n) is 2.28. The Morgan fingerprint density at radius 2 is 2.08 bits per heavy atom. The van der Waals surface area contributed by atoms with E-state index in [-0.39, 0.29) is 5.54 Å². The van der Waals surface area contributed by atoms with E-state index in [1.54, 1.807) is 0 Å². The van der Waals surface area contributed by atoms with Crippen LogP contribution in [0.1, 0.15) is 33.1 Å². The van der Waals surface area contributed by atoms with Crippen LogP contribution in [0.5, 0.6) is 0 Å². The second-order valence-corrected chi connectivity index (χ2v) is 6.42. The maximum absolute atomic E-state index is 10.6. The van der Waals surface area contributed by atoms with E-state index in [0.717, 1.165) is 6.04 Å². The molecule has 0 aromatic carbocycles. The van der Waals surface area contributed by atoms with Crippen molar-refractivity contribution in [3.8, 4) is 0 Å². The number of rotatable bonds is 6. The minimum atomic E-state index is -0.639. The third-order valence-corrected chi connectivity index (χ3v) is 5.15. The Labute approximate surface area is 76.6 Å². The van der Waals surface area contributed by atoms with Crippen molar-refractivity contribution in [3.63, 3.8) is 0 Å². The summed E-state index contributed by atoms with van der Waals surface area (Å²) in [7, 11) is -0.639.